The van der Waals surface area contributed by atoms with E-state index in [2.05, 4.69) is 0 Å². The van der Waals surface area contributed by atoms with Crippen LogP contribution in [0.1, 0.15) is 18.4 Å². The minimum atomic E-state index is -0.475. The number of thiocarbonyl (C=S) groups is 1. The van der Waals surface area contributed by atoms with Gasteiger partial charge in [-0.1, -0.05) is 18.3 Å². The molecule has 0 unspecified atom stereocenters. The summed E-state index contributed by atoms with van der Waals surface area (Å²) >= 11 is 4.78. The predicted molar refractivity (Wildman–Crippen MR) is 66.5 cm³/mol. The molecule has 0 spiro atoms. The third-order valence-electron chi connectivity index (χ3n) is 2.57. The fourth-order valence-corrected chi connectivity index (χ4v) is 1.67. The molecule has 5 heteroatoms. The first-order valence-electron chi connectivity index (χ1n) is 5.47. The summed E-state index contributed by atoms with van der Waals surface area (Å²) in [5, 5.41) is 0. The Kier molecular flexibility index (Phi) is 3.91. The minimum Gasteiger partial charge on any atom is -0.467 e. The Morgan fingerprint density at radius 2 is 2.24 bits per heavy atom. The van der Waals surface area contributed by atoms with Crippen LogP contribution in [-0.4, -0.2) is 18.4 Å². The minimum absolute atomic E-state index is 0.0136. The highest BCUT2D eigenvalue weighted by atomic mass is 32.1. The number of hydrogen-bond donors (Lipinski definition) is 1. The lowest BCUT2D eigenvalue weighted by Crippen LogP contribution is -2.15. The molecule has 1 aliphatic carbocycles. The Labute approximate surface area is 105 Å². The Balaban J connectivity index is 1.93. The van der Waals surface area contributed by atoms with Crippen molar-refractivity contribution in [2.45, 2.75) is 12.8 Å². The molecule has 3 nitrogen and oxygen atoms in total. The molecule has 0 saturated heterocycles. The molecule has 0 aromatic heterocycles. The zero-order chi connectivity index (χ0) is 12.3. The first-order valence-corrected chi connectivity index (χ1v) is 5.88. The van der Waals surface area contributed by atoms with Crippen molar-refractivity contribution in [1.29, 1.82) is 0 Å². The fraction of sp³-hybridized carbons (Fsp3) is 0.417. The molecule has 1 aromatic rings. The number of nitrogens with two attached hydrogens (primary N) is 1. The van der Waals surface area contributed by atoms with Crippen LogP contribution in [0.15, 0.2) is 18.2 Å². The molecular formula is C12H14FNO2S. The zero-order valence-corrected chi connectivity index (χ0v) is 10.1. The van der Waals surface area contributed by atoms with E-state index in [-0.39, 0.29) is 17.3 Å². The second kappa shape index (κ2) is 5.42. The predicted octanol–water partition coefficient (Wildman–Crippen LogP) is 2.22. The Morgan fingerprint density at radius 1 is 1.47 bits per heavy atom. The summed E-state index contributed by atoms with van der Waals surface area (Å²) < 4.78 is 24.1. The molecule has 0 heterocycles. The SMILES string of the molecule is NC(=S)c1c(F)cccc1OCOCC1CC1. The van der Waals surface area contributed by atoms with Crippen LogP contribution in [0.2, 0.25) is 0 Å². The van der Waals surface area contributed by atoms with E-state index in [4.69, 9.17) is 27.4 Å². The Morgan fingerprint density at radius 3 is 2.88 bits per heavy atom. The van der Waals surface area contributed by atoms with E-state index in [9.17, 15) is 4.39 Å². The molecule has 0 radical (unpaired) electrons. The maximum atomic E-state index is 13.5. The number of ether oxygens (including phenoxy) is 2. The van der Waals surface area contributed by atoms with Crippen LogP contribution < -0.4 is 10.5 Å². The summed E-state index contributed by atoms with van der Waals surface area (Å²) in [4.78, 5) is -0.0136. The van der Waals surface area contributed by atoms with Crippen LogP contribution >= 0.6 is 12.2 Å². The van der Waals surface area contributed by atoms with E-state index in [1.807, 2.05) is 0 Å². The molecular weight excluding hydrogens is 241 g/mol. The van der Waals surface area contributed by atoms with Crippen LogP contribution in [0.25, 0.3) is 0 Å². The fourth-order valence-electron chi connectivity index (χ4n) is 1.47. The third kappa shape index (κ3) is 3.38. The van der Waals surface area contributed by atoms with Crippen LogP contribution in [0.3, 0.4) is 0 Å². The van der Waals surface area contributed by atoms with Gasteiger partial charge in [0.1, 0.15) is 16.6 Å². The maximum absolute atomic E-state index is 13.5. The molecule has 2 N–H and O–H groups in total. The normalized spacial score (nSPS) is 14.6. The summed E-state index contributed by atoms with van der Waals surface area (Å²) in [5.74, 6) is 0.520. The highest BCUT2D eigenvalue weighted by molar-refractivity contribution is 7.80. The molecule has 17 heavy (non-hydrogen) atoms. The van der Waals surface area contributed by atoms with Crippen molar-refractivity contribution in [3.8, 4) is 5.75 Å². The number of benzene rings is 1. The van der Waals surface area contributed by atoms with E-state index < -0.39 is 5.82 Å². The second-order valence-electron chi connectivity index (χ2n) is 4.05. The molecule has 1 aliphatic rings. The van der Waals surface area contributed by atoms with Crippen LogP contribution in [0.4, 0.5) is 4.39 Å². The topological polar surface area (TPSA) is 44.5 Å². The van der Waals surface area contributed by atoms with Crippen molar-refractivity contribution < 1.29 is 13.9 Å². The highest BCUT2D eigenvalue weighted by Crippen LogP contribution is 2.29. The van der Waals surface area contributed by atoms with Gasteiger partial charge in [0.2, 0.25) is 0 Å². The standard InChI is InChI=1S/C12H14FNO2S/c13-9-2-1-3-10(11(9)12(14)17)16-7-15-6-8-4-5-8/h1-3,8H,4-7H2,(H2,14,17). The van der Waals surface area contributed by atoms with Gasteiger partial charge in [-0.2, -0.15) is 0 Å². The zero-order valence-electron chi connectivity index (χ0n) is 9.32. The third-order valence-corrected chi connectivity index (χ3v) is 2.77. The first kappa shape index (κ1) is 12.3. The molecule has 1 saturated carbocycles. The van der Waals surface area contributed by atoms with Gasteiger partial charge in [0.05, 0.1) is 12.2 Å². The first-order chi connectivity index (χ1) is 8.18. The lowest BCUT2D eigenvalue weighted by Gasteiger charge is -2.11. The van der Waals surface area contributed by atoms with Crippen molar-refractivity contribution in [2.75, 3.05) is 13.4 Å². The van der Waals surface area contributed by atoms with Gasteiger partial charge in [-0.05, 0) is 30.9 Å². The van der Waals surface area contributed by atoms with Gasteiger partial charge in [-0.25, -0.2) is 4.39 Å². The molecule has 1 aromatic carbocycles. The molecule has 0 bridgehead atoms. The number of rotatable bonds is 6. The quantitative estimate of drug-likeness (QED) is 0.481. The second-order valence-corrected chi connectivity index (χ2v) is 4.49. The van der Waals surface area contributed by atoms with Gasteiger partial charge in [0, 0.05) is 0 Å². The summed E-state index contributed by atoms with van der Waals surface area (Å²) in [7, 11) is 0. The van der Waals surface area contributed by atoms with E-state index in [0.717, 1.165) is 0 Å². The number of halogens is 1. The van der Waals surface area contributed by atoms with Crippen LogP contribution in [-0.2, 0) is 4.74 Å². The summed E-state index contributed by atoms with van der Waals surface area (Å²) in [6.07, 6.45) is 2.44. The van der Waals surface area contributed by atoms with Crippen molar-refractivity contribution in [3.63, 3.8) is 0 Å². The van der Waals surface area contributed by atoms with Gasteiger partial charge in [-0.3, -0.25) is 0 Å². The van der Waals surface area contributed by atoms with Crippen LogP contribution in [0, 0.1) is 11.7 Å². The summed E-state index contributed by atoms with van der Waals surface area (Å²) in [6, 6.07) is 4.47. The summed E-state index contributed by atoms with van der Waals surface area (Å²) in [5.41, 5.74) is 5.59. The van der Waals surface area contributed by atoms with Gasteiger partial charge >= 0.3 is 0 Å². The number of hydrogen-bond acceptors (Lipinski definition) is 3. The van der Waals surface area contributed by atoms with Crippen LogP contribution in [0.5, 0.6) is 5.75 Å². The van der Waals surface area contributed by atoms with Gasteiger partial charge in [0.25, 0.3) is 0 Å². The lowest BCUT2D eigenvalue weighted by atomic mass is 10.2. The molecule has 0 amide bonds. The molecule has 2 rings (SSSR count). The van der Waals surface area contributed by atoms with E-state index >= 15 is 0 Å². The summed E-state index contributed by atoms with van der Waals surface area (Å²) in [6.45, 7) is 0.785. The molecule has 0 aliphatic heterocycles. The highest BCUT2D eigenvalue weighted by Gasteiger charge is 2.21. The average Bonchev–Trinajstić information content (AvgIpc) is 3.07. The maximum Gasteiger partial charge on any atom is 0.189 e. The van der Waals surface area contributed by atoms with Crippen molar-refractivity contribution in [1.82, 2.24) is 0 Å². The Hall–Kier alpha value is -1.20. The van der Waals surface area contributed by atoms with E-state index in [0.29, 0.717) is 18.3 Å². The average molecular weight is 255 g/mol. The largest absolute Gasteiger partial charge is 0.467 e. The lowest BCUT2D eigenvalue weighted by molar-refractivity contribution is 0.00974. The van der Waals surface area contributed by atoms with E-state index in [1.54, 1.807) is 12.1 Å². The smallest absolute Gasteiger partial charge is 0.189 e. The Bertz CT molecular complexity index is 421. The molecule has 0 atom stereocenters. The van der Waals surface area contributed by atoms with Crippen molar-refractivity contribution >= 4 is 17.2 Å². The van der Waals surface area contributed by atoms with Gasteiger partial charge < -0.3 is 15.2 Å². The monoisotopic (exact) mass is 255 g/mol. The van der Waals surface area contributed by atoms with Crippen molar-refractivity contribution in [3.05, 3.63) is 29.6 Å². The molecule has 1 fully saturated rings. The van der Waals surface area contributed by atoms with E-state index in [1.165, 1.54) is 18.9 Å². The van der Waals surface area contributed by atoms with Gasteiger partial charge in [0.15, 0.2) is 6.79 Å². The molecule has 92 valence electrons. The van der Waals surface area contributed by atoms with Gasteiger partial charge in [-0.15, -0.1) is 0 Å². The van der Waals surface area contributed by atoms with Crippen molar-refractivity contribution in [2.24, 2.45) is 11.7 Å².